The molecule has 1 amide bonds. The maximum absolute atomic E-state index is 12.7. The highest BCUT2D eigenvalue weighted by Gasteiger charge is 2.43. The molecule has 2 aromatic heterocycles. The van der Waals surface area contributed by atoms with E-state index in [-0.39, 0.29) is 18.4 Å². The number of nitrogens with one attached hydrogen (secondary N) is 2. The number of fused-ring (bicyclic) bond motifs is 1. The summed E-state index contributed by atoms with van der Waals surface area (Å²) in [5, 5.41) is 23.1. The van der Waals surface area contributed by atoms with Crippen molar-refractivity contribution in [2.45, 2.75) is 24.2 Å². The number of aliphatic hydroxyl groups excluding tert-OH is 2. The van der Waals surface area contributed by atoms with Crippen molar-refractivity contribution in [1.29, 1.82) is 0 Å². The molecule has 1 aliphatic rings. The molecule has 30 heavy (non-hydrogen) atoms. The highest BCUT2D eigenvalue weighted by molar-refractivity contribution is 6.06. The lowest BCUT2D eigenvalue weighted by molar-refractivity contribution is -0.110. The molecule has 0 saturated carbocycles. The first-order valence-corrected chi connectivity index (χ1v) is 9.62. The van der Waals surface area contributed by atoms with Crippen molar-refractivity contribution in [3.63, 3.8) is 0 Å². The molecule has 1 saturated heterocycles. The van der Waals surface area contributed by atoms with Crippen molar-refractivity contribution in [2.24, 2.45) is 0 Å². The first kappa shape index (κ1) is 20.4. The Kier molecular flexibility index (Phi) is 5.73. The lowest BCUT2D eigenvalue weighted by Gasteiger charge is -2.43. The molecular formula is C20H24N6O4. The maximum Gasteiger partial charge on any atom is 0.256 e. The molecule has 1 fully saturated rings. The number of aliphatic hydroxyl groups is 2. The third kappa shape index (κ3) is 3.65. The minimum Gasteiger partial charge on any atom is -0.395 e. The fourth-order valence-electron chi connectivity index (χ4n) is 3.92. The Morgan fingerprint density at radius 3 is 2.80 bits per heavy atom. The van der Waals surface area contributed by atoms with Crippen molar-refractivity contribution in [1.82, 2.24) is 24.8 Å². The molecule has 3 heterocycles. The fourth-order valence-corrected chi connectivity index (χ4v) is 3.92. The monoisotopic (exact) mass is 412 g/mol. The van der Waals surface area contributed by atoms with Crippen LogP contribution in [0.25, 0.3) is 11.2 Å². The van der Waals surface area contributed by atoms with Gasteiger partial charge in [0.1, 0.15) is 11.3 Å². The van der Waals surface area contributed by atoms with Gasteiger partial charge >= 0.3 is 0 Å². The number of anilines is 1. The molecule has 0 bridgehead atoms. The number of aromatic amines is 1. The van der Waals surface area contributed by atoms with Crippen molar-refractivity contribution in [2.75, 3.05) is 32.6 Å². The molecule has 1 aromatic carbocycles. The number of ether oxygens (including phenoxy) is 1. The number of likely N-dealkylation sites (N-methyl/N-ethyl adjacent to an activating group) is 1. The second-order valence-corrected chi connectivity index (χ2v) is 7.34. The molecule has 4 atom stereocenters. The van der Waals surface area contributed by atoms with E-state index in [0.717, 1.165) is 0 Å². The Labute approximate surface area is 172 Å². The Bertz CT molecular complexity index is 1030. The summed E-state index contributed by atoms with van der Waals surface area (Å²) in [6.07, 6.45) is -0.0596. The number of carbonyl (C=O) groups excluding carboxylic acids is 1. The third-order valence-corrected chi connectivity index (χ3v) is 5.54. The van der Waals surface area contributed by atoms with Gasteiger partial charge in [0.05, 0.1) is 37.1 Å². The van der Waals surface area contributed by atoms with Gasteiger partial charge in [0, 0.05) is 19.2 Å². The van der Waals surface area contributed by atoms with Crippen LogP contribution in [0, 0.1) is 0 Å². The molecule has 0 aliphatic carbocycles. The Balaban J connectivity index is 1.71. The van der Waals surface area contributed by atoms with E-state index in [1.165, 1.54) is 13.4 Å². The van der Waals surface area contributed by atoms with Crippen LogP contribution in [-0.4, -0.2) is 86.5 Å². The van der Waals surface area contributed by atoms with Crippen LogP contribution in [0.2, 0.25) is 0 Å². The number of nitrogens with zero attached hydrogens (tertiary/aromatic N) is 4. The highest BCUT2D eigenvalue weighted by Crippen LogP contribution is 2.32. The number of piperidine rings is 1. The second kappa shape index (κ2) is 8.44. The minimum absolute atomic E-state index is 0.193. The van der Waals surface area contributed by atoms with Crippen LogP contribution in [0.1, 0.15) is 22.1 Å². The number of hydrogen-bond donors (Lipinski definition) is 4. The van der Waals surface area contributed by atoms with Crippen LogP contribution in [0.3, 0.4) is 0 Å². The van der Waals surface area contributed by atoms with E-state index in [9.17, 15) is 15.0 Å². The van der Waals surface area contributed by atoms with E-state index in [0.29, 0.717) is 34.9 Å². The zero-order valence-electron chi connectivity index (χ0n) is 16.7. The first-order chi connectivity index (χ1) is 14.5. The van der Waals surface area contributed by atoms with Crippen LogP contribution in [0.15, 0.2) is 36.7 Å². The molecule has 4 rings (SSSR count). The van der Waals surface area contributed by atoms with Gasteiger partial charge in [-0.2, -0.15) is 0 Å². The number of imidazole rings is 1. The smallest absolute Gasteiger partial charge is 0.256 e. The highest BCUT2D eigenvalue weighted by atomic mass is 16.5. The summed E-state index contributed by atoms with van der Waals surface area (Å²) in [5.41, 5.74) is 1.41. The van der Waals surface area contributed by atoms with Gasteiger partial charge in [-0.15, -0.1) is 0 Å². The molecule has 10 nitrogen and oxygen atoms in total. The minimum atomic E-state index is -0.926. The summed E-state index contributed by atoms with van der Waals surface area (Å²) < 4.78 is 5.55. The van der Waals surface area contributed by atoms with E-state index in [1.807, 2.05) is 18.0 Å². The molecule has 0 unspecified atom stereocenters. The summed E-state index contributed by atoms with van der Waals surface area (Å²) in [4.78, 5) is 30.8. The largest absolute Gasteiger partial charge is 0.395 e. The lowest BCUT2D eigenvalue weighted by Crippen LogP contribution is -2.58. The predicted molar refractivity (Wildman–Crippen MR) is 109 cm³/mol. The number of benzene rings is 1. The number of likely N-dealkylation sites (tertiary alicyclic amines) is 1. The van der Waals surface area contributed by atoms with E-state index in [4.69, 9.17) is 4.74 Å². The molecule has 1 aliphatic heterocycles. The predicted octanol–water partition coefficient (Wildman–Crippen LogP) is 0.371. The Morgan fingerprint density at radius 1 is 1.33 bits per heavy atom. The summed E-state index contributed by atoms with van der Waals surface area (Å²) in [5.74, 6) is 0.0107. The molecule has 0 spiro atoms. The van der Waals surface area contributed by atoms with E-state index in [2.05, 4.69) is 25.3 Å². The van der Waals surface area contributed by atoms with Gasteiger partial charge in [-0.3, -0.25) is 9.69 Å². The zero-order valence-corrected chi connectivity index (χ0v) is 16.7. The molecule has 158 valence electrons. The van der Waals surface area contributed by atoms with Gasteiger partial charge in [0.25, 0.3) is 5.91 Å². The van der Waals surface area contributed by atoms with Crippen molar-refractivity contribution >= 4 is 22.9 Å². The van der Waals surface area contributed by atoms with E-state index >= 15 is 0 Å². The van der Waals surface area contributed by atoms with E-state index < -0.39 is 18.2 Å². The molecule has 0 radical (unpaired) electrons. The van der Waals surface area contributed by atoms with Crippen molar-refractivity contribution < 1.29 is 19.7 Å². The van der Waals surface area contributed by atoms with Crippen molar-refractivity contribution in [3.05, 3.63) is 48.0 Å². The van der Waals surface area contributed by atoms with Crippen molar-refractivity contribution in [3.8, 4) is 0 Å². The van der Waals surface area contributed by atoms with Gasteiger partial charge in [0.15, 0.2) is 11.5 Å². The van der Waals surface area contributed by atoms with Gasteiger partial charge in [-0.25, -0.2) is 15.0 Å². The Hall–Kier alpha value is -2.92. The quantitative estimate of drug-likeness (QED) is 0.472. The van der Waals surface area contributed by atoms with Gasteiger partial charge in [-0.05, 0) is 19.2 Å². The fraction of sp³-hybridized carbons (Fsp3) is 0.400. The molecule has 10 heteroatoms. The number of amides is 1. The first-order valence-electron chi connectivity index (χ1n) is 9.62. The molecule has 4 N–H and O–H groups in total. The topological polar surface area (TPSA) is 136 Å². The number of H-pyrrole nitrogens is 1. The van der Waals surface area contributed by atoms with E-state index in [1.54, 1.807) is 24.3 Å². The standard InChI is InChI=1S/C20H24N6O4/c1-26-8-12(16(30-2)15(28)13(26)9-27)17-23-18-14(21-10-22-18)19(24-17)25-20(29)11-6-4-3-5-7-11/h3-7,10,12-13,15-16,27-28H,8-9H2,1-2H3,(H2,21,22,23,24,25,29)/t12-,13+,15+,16+/m0/s1. The number of carbonyl (C=O) groups is 1. The summed E-state index contributed by atoms with van der Waals surface area (Å²) in [6, 6.07) is 8.38. The average molecular weight is 412 g/mol. The molecule has 3 aromatic rings. The number of methoxy groups -OCH3 is 1. The SMILES string of the molecule is CO[C@H]1[C@H](O)[C@@H](CO)N(C)C[C@@H]1c1nc(NC(=O)c2ccccc2)c2[nH]cnc2n1. The number of hydrogen-bond acceptors (Lipinski definition) is 8. The van der Waals surface area contributed by atoms with Gasteiger partial charge in [0.2, 0.25) is 0 Å². The Morgan fingerprint density at radius 2 is 2.10 bits per heavy atom. The summed E-state index contributed by atoms with van der Waals surface area (Å²) in [7, 11) is 3.32. The zero-order chi connectivity index (χ0) is 21.3. The summed E-state index contributed by atoms with van der Waals surface area (Å²) in [6.45, 7) is 0.269. The van der Waals surface area contributed by atoms with Crippen LogP contribution in [0.5, 0.6) is 0 Å². The average Bonchev–Trinajstić information content (AvgIpc) is 3.23. The number of rotatable bonds is 5. The van der Waals surface area contributed by atoms with Crippen LogP contribution in [-0.2, 0) is 4.74 Å². The van der Waals surface area contributed by atoms with Gasteiger partial charge in [-0.1, -0.05) is 18.2 Å². The second-order valence-electron chi connectivity index (χ2n) is 7.34. The third-order valence-electron chi connectivity index (χ3n) is 5.54. The lowest BCUT2D eigenvalue weighted by atomic mass is 9.87. The van der Waals surface area contributed by atoms with Crippen LogP contribution >= 0.6 is 0 Å². The maximum atomic E-state index is 12.7. The van der Waals surface area contributed by atoms with Gasteiger partial charge < -0.3 is 25.3 Å². The van der Waals surface area contributed by atoms with Crippen LogP contribution in [0.4, 0.5) is 5.82 Å². The molecular weight excluding hydrogens is 388 g/mol. The summed E-state index contributed by atoms with van der Waals surface area (Å²) >= 11 is 0. The normalized spacial score (nSPS) is 24.8. The number of aromatic nitrogens is 4. The van der Waals surface area contributed by atoms with Crippen LogP contribution < -0.4 is 5.32 Å².